The van der Waals surface area contributed by atoms with Gasteiger partial charge in [-0.3, -0.25) is 4.79 Å². The fourth-order valence-electron chi connectivity index (χ4n) is 4.37. The lowest BCUT2D eigenvalue weighted by molar-refractivity contribution is -0.0486. The van der Waals surface area contributed by atoms with Gasteiger partial charge < -0.3 is 19.7 Å². The molecule has 1 unspecified atom stereocenters. The van der Waals surface area contributed by atoms with Crippen molar-refractivity contribution in [2.75, 3.05) is 0 Å². The first kappa shape index (κ1) is 22.9. The smallest absolute Gasteiger partial charge is 0.387 e. The van der Waals surface area contributed by atoms with Gasteiger partial charge in [0.2, 0.25) is 5.43 Å². The van der Waals surface area contributed by atoms with E-state index in [4.69, 9.17) is 4.74 Å². The van der Waals surface area contributed by atoms with Gasteiger partial charge in [0.05, 0.1) is 10.9 Å². The Bertz CT molecular complexity index is 1280. The molecule has 2 heterocycles. The molecule has 0 radical (unpaired) electrons. The number of aromatic nitrogens is 1. The van der Waals surface area contributed by atoms with Crippen LogP contribution >= 0.6 is 0 Å². The summed E-state index contributed by atoms with van der Waals surface area (Å²) in [4.78, 5) is 24.4. The molecule has 1 fully saturated rings. The summed E-state index contributed by atoms with van der Waals surface area (Å²) in [5.74, 6) is -1.45. The average Bonchev–Trinajstić information content (AvgIpc) is 3.58. The molecule has 1 aromatic heterocycles. The number of alkyl halides is 2. The summed E-state index contributed by atoms with van der Waals surface area (Å²) >= 11 is 0. The second-order valence-corrected chi connectivity index (χ2v) is 8.05. The second-order valence-electron chi connectivity index (χ2n) is 8.05. The highest BCUT2D eigenvalue weighted by molar-refractivity contribution is 5.97. The lowest BCUT2D eigenvalue weighted by atomic mass is 9.96. The molecule has 3 aromatic rings. The normalized spacial score (nSPS) is 17.0. The summed E-state index contributed by atoms with van der Waals surface area (Å²) in [7, 11) is 0. The number of aromatic carboxylic acids is 1. The zero-order valence-corrected chi connectivity index (χ0v) is 18.7. The van der Waals surface area contributed by atoms with Crippen LogP contribution in [0.4, 0.5) is 8.78 Å². The predicted molar refractivity (Wildman–Crippen MR) is 122 cm³/mol. The van der Waals surface area contributed by atoms with E-state index in [1.54, 1.807) is 10.6 Å². The first-order valence-corrected chi connectivity index (χ1v) is 11.1. The van der Waals surface area contributed by atoms with E-state index < -0.39 is 18.0 Å². The third-order valence-corrected chi connectivity index (χ3v) is 6.04. The van der Waals surface area contributed by atoms with Gasteiger partial charge in [-0.15, -0.1) is 0 Å². The molecule has 5 rings (SSSR count). The van der Waals surface area contributed by atoms with Crippen LogP contribution in [0.15, 0.2) is 41.3 Å². The van der Waals surface area contributed by atoms with E-state index in [-0.39, 0.29) is 34.3 Å². The minimum absolute atomic E-state index is 0.0541. The largest absolute Gasteiger partial charge is 0.477 e. The highest BCUT2D eigenvalue weighted by Crippen LogP contribution is 2.43. The van der Waals surface area contributed by atoms with E-state index in [1.165, 1.54) is 12.3 Å². The van der Waals surface area contributed by atoms with Gasteiger partial charge in [0.1, 0.15) is 5.56 Å². The Hall–Kier alpha value is -3.26. The molecular formula is C25H26F2N2O4. The lowest BCUT2D eigenvalue weighted by Gasteiger charge is -2.19. The van der Waals surface area contributed by atoms with Crippen molar-refractivity contribution < 1.29 is 23.4 Å². The van der Waals surface area contributed by atoms with Crippen LogP contribution < -0.4 is 15.5 Å². The van der Waals surface area contributed by atoms with E-state index in [0.717, 1.165) is 24.0 Å². The number of fused-ring (bicyclic) bond motifs is 2. The van der Waals surface area contributed by atoms with Crippen LogP contribution in [0.1, 0.15) is 67.2 Å². The Morgan fingerprint density at radius 2 is 1.94 bits per heavy atom. The Balaban J connectivity index is 0.00000126. The summed E-state index contributed by atoms with van der Waals surface area (Å²) < 4.78 is 33.5. The van der Waals surface area contributed by atoms with Crippen molar-refractivity contribution in [1.82, 2.24) is 9.88 Å². The number of halogens is 2. The van der Waals surface area contributed by atoms with Crippen molar-refractivity contribution in [3.63, 3.8) is 0 Å². The molecule has 2 aliphatic rings. The number of nitrogens with zero attached hydrogens (tertiary/aromatic N) is 1. The van der Waals surface area contributed by atoms with Crippen LogP contribution in [-0.2, 0) is 6.54 Å². The van der Waals surface area contributed by atoms with Crippen LogP contribution in [0.25, 0.3) is 22.0 Å². The summed E-state index contributed by atoms with van der Waals surface area (Å²) in [5, 5.41) is 12.8. The van der Waals surface area contributed by atoms with Crippen molar-refractivity contribution in [3.8, 4) is 16.9 Å². The summed E-state index contributed by atoms with van der Waals surface area (Å²) in [6.07, 6.45) is 2.80. The fourth-order valence-corrected chi connectivity index (χ4v) is 4.37. The minimum Gasteiger partial charge on any atom is -0.477 e. The number of rotatable bonds is 5. The maximum absolute atomic E-state index is 13.5. The van der Waals surface area contributed by atoms with E-state index in [0.29, 0.717) is 17.7 Å². The van der Waals surface area contributed by atoms with Gasteiger partial charge in [0.25, 0.3) is 0 Å². The fraction of sp³-hybridized carbons (Fsp3) is 0.360. The SMILES string of the molecule is CC.CC1NCc2cc(-c3ccc4c(=O)c(C(=O)O)cn(C5CC5)c4c3OC(F)F)ccc21. The monoisotopic (exact) mass is 456 g/mol. The van der Waals surface area contributed by atoms with Crippen molar-refractivity contribution >= 4 is 16.9 Å². The highest BCUT2D eigenvalue weighted by Gasteiger charge is 2.30. The van der Waals surface area contributed by atoms with Gasteiger partial charge >= 0.3 is 12.6 Å². The summed E-state index contributed by atoms with van der Waals surface area (Å²) in [6, 6.07) is 8.98. The van der Waals surface area contributed by atoms with Gasteiger partial charge in [-0.2, -0.15) is 8.78 Å². The highest BCUT2D eigenvalue weighted by atomic mass is 19.3. The van der Waals surface area contributed by atoms with E-state index in [2.05, 4.69) is 12.2 Å². The number of nitrogens with one attached hydrogen (secondary N) is 1. The van der Waals surface area contributed by atoms with Crippen LogP contribution in [0.2, 0.25) is 0 Å². The molecule has 1 aliphatic carbocycles. The minimum atomic E-state index is -3.10. The molecule has 0 amide bonds. The molecule has 2 N–H and O–H groups in total. The number of hydrogen-bond donors (Lipinski definition) is 2. The molecule has 1 saturated carbocycles. The van der Waals surface area contributed by atoms with E-state index in [1.807, 2.05) is 32.0 Å². The third-order valence-electron chi connectivity index (χ3n) is 6.04. The molecule has 33 heavy (non-hydrogen) atoms. The zero-order valence-electron chi connectivity index (χ0n) is 18.7. The maximum Gasteiger partial charge on any atom is 0.387 e. The van der Waals surface area contributed by atoms with Gasteiger partial charge in [0, 0.05) is 30.4 Å². The average molecular weight is 456 g/mol. The van der Waals surface area contributed by atoms with E-state index >= 15 is 0 Å². The number of carboxylic acids is 1. The predicted octanol–water partition coefficient (Wildman–Crippen LogP) is 5.49. The van der Waals surface area contributed by atoms with Crippen molar-refractivity contribution in [1.29, 1.82) is 0 Å². The first-order chi connectivity index (χ1) is 15.8. The molecule has 2 aromatic carbocycles. The van der Waals surface area contributed by atoms with Gasteiger partial charge in [-0.05, 0) is 54.7 Å². The van der Waals surface area contributed by atoms with Crippen molar-refractivity contribution in [3.05, 3.63) is 63.4 Å². The standard InChI is InChI=1S/C23H20F2N2O4.C2H6/c1-11-15-5-2-12(8-13(15)9-26-11)16-6-7-17-19(21(16)31-23(24)25)27(14-3-4-14)10-18(20(17)28)22(29)30;1-2/h2,5-8,10-11,14,23,26H,3-4,9H2,1H3,(H,29,30);1-2H3. The van der Waals surface area contributed by atoms with Crippen LogP contribution in [0.3, 0.4) is 0 Å². The lowest BCUT2D eigenvalue weighted by Crippen LogP contribution is -2.19. The molecule has 0 saturated heterocycles. The van der Waals surface area contributed by atoms with Gasteiger partial charge in [-0.1, -0.05) is 26.0 Å². The Labute approximate surface area is 189 Å². The number of ether oxygens (including phenoxy) is 1. The van der Waals surface area contributed by atoms with Gasteiger partial charge in [0.15, 0.2) is 5.75 Å². The number of carboxylic acid groups (broad SMARTS) is 1. The topological polar surface area (TPSA) is 80.6 Å². The van der Waals surface area contributed by atoms with Gasteiger partial charge in [-0.25, -0.2) is 4.79 Å². The summed E-state index contributed by atoms with van der Waals surface area (Å²) in [6.45, 7) is 3.64. The molecular weight excluding hydrogens is 430 g/mol. The Morgan fingerprint density at radius 3 is 2.58 bits per heavy atom. The van der Waals surface area contributed by atoms with Crippen molar-refractivity contribution in [2.24, 2.45) is 0 Å². The molecule has 0 bridgehead atoms. The maximum atomic E-state index is 13.5. The van der Waals surface area contributed by atoms with Crippen LogP contribution in [0, 0.1) is 0 Å². The van der Waals surface area contributed by atoms with Crippen LogP contribution in [0.5, 0.6) is 5.75 Å². The summed E-state index contributed by atoms with van der Waals surface area (Å²) in [5.41, 5.74) is 2.49. The quantitative estimate of drug-likeness (QED) is 0.530. The molecule has 174 valence electrons. The molecule has 8 heteroatoms. The molecule has 0 spiro atoms. The number of pyridine rings is 1. The second kappa shape index (κ2) is 8.94. The number of carbonyl (C=O) groups is 1. The number of hydrogen-bond acceptors (Lipinski definition) is 4. The van der Waals surface area contributed by atoms with Crippen LogP contribution in [-0.4, -0.2) is 22.3 Å². The van der Waals surface area contributed by atoms with E-state index in [9.17, 15) is 23.5 Å². The Morgan fingerprint density at radius 1 is 1.21 bits per heavy atom. The number of benzene rings is 2. The molecule has 1 aliphatic heterocycles. The Kier molecular flexibility index (Phi) is 6.21. The van der Waals surface area contributed by atoms with Crippen molar-refractivity contribution in [2.45, 2.75) is 58.9 Å². The first-order valence-electron chi connectivity index (χ1n) is 11.1. The zero-order chi connectivity index (χ0) is 23.9. The molecule has 1 atom stereocenters. The molecule has 6 nitrogen and oxygen atoms in total. The third kappa shape index (κ3) is 4.11.